The smallest absolute Gasteiger partial charge is 0.107 e. The Labute approximate surface area is 115 Å². The molecule has 2 N–H and O–H groups in total. The lowest BCUT2D eigenvalue weighted by Gasteiger charge is -2.38. The largest absolute Gasteiger partial charge is 0.389 e. The fourth-order valence-electron chi connectivity index (χ4n) is 1.25. The van der Waals surface area contributed by atoms with Crippen LogP contribution in [-0.2, 0) is 12.0 Å². The van der Waals surface area contributed by atoms with Crippen LogP contribution in [0.2, 0.25) is 0 Å². The first kappa shape index (κ1) is 15.6. The summed E-state index contributed by atoms with van der Waals surface area (Å²) >= 11 is 1.67. The van der Waals surface area contributed by atoms with Gasteiger partial charge < -0.3 is 10.4 Å². The van der Waals surface area contributed by atoms with E-state index in [1.807, 2.05) is 27.7 Å². The zero-order valence-corrected chi connectivity index (χ0v) is 13.4. The van der Waals surface area contributed by atoms with E-state index in [0.29, 0.717) is 6.54 Å². The van der Waals surface area contributed by atoms with Crippen LogP contribution in [-0.4, -0.2) is 21.2 Å². The predicted molar refractivity (Wildman–Crippen MR) is 78.0 cm³/mol. The summed E-state index contributed by atoms with van der Waals surface area (Å²) < 4.78 is 0. The van der Waals surface area contributed by atoms with Gasteiger partial charge in [-0.05, 0) is 27.7 Å². The highest BCUT2D eigenvalue weighted by molar-refractivity contribution is 7.09. The van der Waals surface area contributed by atoms with Gasteiger partial charge in [-0.2, -0.15) is 0 Å². The molecule has 0 atom stereocenters. The van der Waals surface area contributed by atoms with Crippen LogP contribution in [0, 0.1) is 0 Å². The van der Waals surface area contributed by atoms with Crippen LogP contribution in [0.1, 0.15) is 59.2 Å². The van der Waals surface area contributed by atoms with Gasteiger partial charge in [-0.15, -0.1) is 11.3 Å². The third-order valence-electron chi connectivity index (χ3n) is 3.53. The van der Waals surface area contributed by atoms with Gasteiger partial charge in [0.05, 0.1) is 11.3 Å². The first-order chi connectivity index (χ1) is 7.93. The molecule has 1 aromatic rings. The van der Waals surface area contributed by atoms with Crippen molar-refractivity contribution in [1.82, 2.24) is 10.3 Å². The molecule has 0 unspecified atom stereocenters. The third-order valence-corrected chi connectivity index (χ3v) is 4.38. The second-order valence-corrected chi connectivity index (χ2v) is 7.86. The van der Waals surface area contributed by atoms with Gasteiger partial charge in [0.2, 0.25) is 0 Å². The fraction of sp³-hybridized carbons (Fsp3) is 0.786. The first-order valence-corrected chi connectivity index (χ1v) is 7.24. The summed E-state index contributed by atoms with van der Waals surface area (Å²) in [5.41, 5.74) is 0.114. The maximum atomic E-state index is 10.1. The van der Waals surface area contributed by atoms with Crippen molar-refractivity contribution in [1.29, 1.82) is 0 Å². The molecule has 0 amide bonds. The van der Waals surface area contributed by atoms with Gasteiger partial charge in [-0.3, -0.25) is 0 Å². The number of hydrogen-bond acceptors (Lipinski definition) is 4. The van der Waals surface area contributed by atoms with Gasteiger partial charge >= 0.3 is 0 Å². The molecule has 1 rings (SSSR count). The van der Waals surface area contributed by atoms with E-state index in [1.54, 1.807) is 11.3 Å². The predicted octanol–water partition coefficient (Wildman–Crippen LogP) is 3.08. The number of nitrogens with zero attached hydrogens (tertiary/aromatic N) is 1. The molecule has 0 saturated heterocycles. The molecule has 3 nitrogen and oxygen atoms in total. The Bertz CT molecular complexity index is 397. The minimum Gasteiger partial charge on any atom is -0.389 e. The van der Waals surface area contributed by atoms with Crippen molar-refractivity contribution in [3.05, 3.63) is 16.1 Å². The normalized spacial score (nSPS) is 14.0. The number of aromatic nitrogens is 1. The van der Waals surface area contributed by atoms with Crippen LogP contribution in [0.5, 0.6) is 0 Å². The van der Waals surface area contributed by atoms with Gasteiger partial charge in [0, 0.05) is 22.9 Å². The Morgan fingerprint density at radius 2 is 1.72 bits per heavy atom. The summed E-state index contributed by atoms with van der Waals surface area (Å²) in [6.07, 6.45) is 0. The topological polar surface area (TPSA) is 45.1 Å². The zero-order valence-electron chi connectivity index (χ0n) is 12.6. The molecule has 0 bridgehead atoms. The molecule has 4 heteroatoms. The van der Waals surface area contributed by atoms with Gasteiger partial charge in [0.25, 0.3) is 0 Å². The number of aliphatic hydroxyl groups is 1. The molecule has 1 heterocycles. The molecule has 0 radical (unpaired) electrons. The molecular formula is C14H26N2OS. The summed E-state index contributed by atoms with van der Waals surface area (Å²) in [4.78, 5) is 4.64. The highest BCUT2D eigenvalue weighted by atomic mass is 32.1. The Morgan fingerprint density at radius 1 is 1.17 bits per heavy atom. The molecule has 104 valence electrons. The second-order valence-electron chi connectivity index (χ2n) is 6.91. The minimum atomic E-state index is -0.767. The second kappa shape index (κ2) is 4.91. The lowest BCUT2D eigenvalue weighted by atomic mass is 9.86. The number of thiazole rings is 1. The molecule has 18 heavy (non-hydrogen) atoms. The Morgan fingerprint density at radius 3 is 2.11 bits per heavy atom. The van der Waals surface area contributed by atoms with Crippen LogP contribution in [0.3, 0.4) is 0 Å². The van der Waals surface area contributed by atoms with E-state index in [4.69, 9.17) is 0 Å². The van der Waals surface area contributed by atoms with Crippen molar-refractivity contribution in [2.45, 2.75) is 71.6 Å². The molecule has 0 spiro atoms. The molecular weight excluding hydrogens is 244 g/mol. The zero-order chi connectivity index (χ0) is 14.2. The van der Waals surface area contributed by atoms with Crippen LogP contribution < -0.4 is 5.32 Å². The average molecular weight is 270 g/mol. The van der Waals surface area contributed by atoms with Gasteiger partial charge in [0.1, 0.15) is 5.01 Å². The number of rotatable bonds is 4. The third kappa shape index (κ3) is 3.77. The van der Waals surface area contributed by atoms with Crippen molar-refractivity contribution in [3.8, 4) is 0 Å². The maximum absolute atomic E-state index is 10.1. The first-order valence-electron chi connectivity index (χ1n) is 6.36. The molecule has 0 aromatic carbocycles. The van der Waals surface area contributed by atoms with Gasteiger partial charge in [0.15, 0.2) is 0 Å². The molecule has 0 aliphatic heterocycles. The fourth-order valence-corrected chi connectivity index (χ4v) is 2.21. The van der Waals surface area contributed by atoms with Crippen molar-refractivity contribution in [2.75, 3.05) is 0 Å². The van der Waals surface area contributed by atoms with E-state index >= 15 is 0 Å². The van der Waals surface area contributed by atoms with Crippen molar-refractivity contribution < 1.29 is 5.11 Å². The molecule has 1 aromatic heterocycles. The number of hydrogen-bond donors (Lipinski definition) is 2. The van der Waals surface area contributed by atoms with E-state index in [9.17, 15) is 5.11 Å². The van der Waals surface area contributed by atoms with E-state index < -0.39 is 5.60 Å². The van der Waals surface area contributed by atoms with Crippen LogP contribution in [0.4, 0.5) is 0 Å². The lowest BCUT2D eigenvalue weighted by Crippen LogP contribution is -2.55. The highest BCUT2D eigenvalue weighted by Gasteiger charge is 2.34. The summed E-state index contributed by atoms with van der Waals surface area (Å²) in [7, 11) is 0. The van der Waals surface area contributed by atoms with E-state index in [1.165, 1.54) is 0 Å². The van der Waals surface area contributed by atoms with Crippen molar-refractivity contribution >= 4 is 11.3 Å². The Kier molecular flexibility index (Phi) is 4.26. The summed E-state index contributed by atoms with van der Waals surface area (Å²) in [5, 5.41) is 16.6. The lowest BCUT2D eigenvalue weighted by molar-refractivity contribution is -0.00533. The van der Waals surface area contributed by atoms with Gasteiger partial charge in [-0.25, -0.2) is 4.98 Å². The summed E-state index contributed by atoms with van der Waals surface area (Å²) in [5.74, 6) is 0. The van der Waals surface area contributed by atoms with Crippen molar-refractivity contribution in [2.24, 2.45) is 0 Å². The van der Waals surface area contributed by atoms with Crippen molar-refractivity contribution in [3.63, 3.8) is 0 Å². The summed E-state index contributed by atoms with van der Waals surface area (Å²) in [6.45, 7) is 14.8. The minimum absolute atomic E-state index is 0.0977. The molecule has 0 saturated carbocycles. The van der Waals surface area contributed by atoms with E-state index in [2.05, 4.69) is 36.5 Å². The molecule has 0 aliphatic rings. The van der Waals surface area contributed by atoms with Crippen LogP contribution in [0.15, 0.2) is 5.38 Å². The number of nitrogens with one attached hydrogen (secondary N) is 1. The van der Waals surface area contributed by atoms with Crippen LogP contribution in [0.25, 0.3) is 0 Å². The highest BCUT2D eigenvalue weighted by Crippen LogP contribution is 2.25. The molecule has 0 aliphatic carbocycles. The standard InChI is InChI=1S/C14H26N2OS/c1-12(2,3)10-9-18-11(16-10)8-15-13(4,5)14(6,7)17/h9,15,17H,8H2,1-7H3. The van der Waals surface area contributed by atoms with E-state index in [-0.39, 0.29) is 11.0 Å². The van der Waals surface area contributed by atoms with Gasteiger partial charge in [-0.1, -0.05) is 20.8 Å². The van der Waals surface area contributed by atoms with E-state index in [0.717, 1.165) is 10.7 Å². The quantitative estimate of drug-likeness (QED) is 0.884. The SMILES string of the molecule is CC(C)(C)c1csc(CNC(C)(C)C(C)(C)O)n1. The monoisotopic (exact) mass is 270 g/mol. The maximum Gasteiger partial charge on any atom is 0.107 e. The molecule has 0 fully saturated rings. The Balaban J connectivity index is 2.68. The van der Waals surface area contributed by atoms with Crippen LogP contribution >= 0.6 is 11.3 Å². The Hall–Kier alpha value is -0.450. The summed E-state index contributed by atoms with van der Waals surface area (Å²) in [6, 6.07) is 0. The average Bonchev–Trinajstić information content (AvgIpc) is 2.60.